The molecule has 1 amide bonds. The van der Waals surface area contributed by atoms with Gasteiger partial charge < -0.3 is 15.0 Å². The molecule has 21 heavy (non-hydrogen) atoms. The first-order valence-electron chi connectivity index (χ1n) is 8.33. The second kappa shape index (κ2) is 7.59. The zero-order valence-electron chi connectivity index (χ0n) is 14.8. The fraction of sp³-hybridized carbons (Fsp3) is 0.941. The standard InChI is InChI=1S/C17H34N2O2/c1-7-17(8-2,21-6)13-18-15(20)16(3,4)14-10-9-11-19(5)12-14/h14H,7-13H2,1-6H3,(H,18,20). The Kier molecular flexibility index (Phi) is 6.67. The molecule has 0 aromatic heterocycles. The summed E-state index contributed by atoms with van der Waals surface area (Å²) >= 11 is 0. The van der Waals surface area contributed by atoms with Gasteiger partial charge >= 0.3 is 0 Å². The van der Waals surface area contributed by atoms with Crippen LogP contribution >= 0.6 is 0 Å². The van der Waals surface area contributed by atoms with Crippen LogP contribution in [-0.4, -0.2) is 50.2 Å². The number of hydrogen-bond donors (Lipinski definition) is 1. The van der Waals surface area contributed by atoms with Gasteiger partial charge in [0.2, 0.25) is 5.91 Å². The maximum Gasteiger partial charge on any atom is 0.226 e. The van der Waals surface area contributed by atoms with Gasteiger partial charge in [-0.3, -0.25) is 4.79 Å². The number of hydrogen-bond acceptors (Lipinski definition) is 3. The number of nitrogens with zero attached hydrogens (tertiary/aromatic N) is 1. The summed E-state index contributed by atoms with van der Waals surface area (Å²) in [5.41, 5.74) is -0.551. The topological polar surface area (TPSA) is 41.6 Å². The zero-order valence-corrected chi connectivity index (χ0v) is 14.8. The van der Waals surface area contributed by atoms with Crippen molar-refractivity contribution in [3.05, 3.63) is 0 Å². The van der Waals surface area contributed by atoms with Crippen LogP contribution in [0.15, 0.2) is 0 Å². The van der Waals surface area contributed by atoms with Gasteiger partial charge in [-0.05, 0) is 45.2 Å². The van der Waals surface area contributed by atoms with Gasteiger partial charge in [0.15, 0.2) is 0 Å². The van der Waals surface area contributed by atoms with Crippen LogP contribution in [0.4, 0.5) is 0 Å². The maximum atomic E-state index is 12.7. The van der Waals surface area contributed by atoms with Crippen molar-refractivity contribution < 1.29 is 9.53 Å². The van der Waals surface area contributed by atoms with E-state index in [1.165, 1.54) is 6.42 Å². The first-order valence-corrected chi connectivity index (χ1v) is 8.33. The maximum absolute atomic E-state index is 12.7. The molecule has 1 atom stereocenters. The fourth-order valence-electron chi connectivity index (χ4n) is 3.27. The Morgan fingerprint density at radius 2 is 1.95 bits per heavy atom. The van der Waals surface area contributed by atoms with Gasteiger partial charge in [0.1, 0.15) is 0 Å². The Balaban J connectivity index is 2.64. The normalized spacial score (nSPS) is 21.3. The van der Waals surface area contributed by atoms with E-state index >= 15 is 0 Å². The molecule has 0 aromatic carbocycles. The van der Waals surface area contributed by atoms with E-state index in [0.29, 0.717) is 12.5 Å². The van der Waals surface area contributed by atoms with Crippen LogP contribution in [0.3, 0.4) is 0 Å². The lowest BCUT2D eigenvalue weighted by Gasteiger charge is -2.40. The van der Waals surface area contributed by atoms with E-state index in [2.05, 4.69) is 45.0 Å². The molecule has 1 saturated heterocycles. The molecule has 0 spiro atoms. The van der Waals surface area contributed by atoms with Gasteiger partial charge in [-0.2, -0.15) is 0 Å². The lowest BCUT2D eigenvalue weighted by molar-refractivity contribution is -0.135. The largest absolute Gasteiger partial charge is 0.376 e. The van der Waals surface area contributed by atoms with Crippen molar-refractivity contribution in [1.29, 1.82) is 0 Å². The summed E-state index contributed by atoms with van der Waals surface area (Å²) in [6.07, 6.45) is 4.14. The summed E-state index contributed by atoms with van der Waals surface area (Å²) in [5, 5.41) is 3.15. The minimum Gasteiger partial charge on any atom is -0.376 e. The Labute approximate surface area is 130 Å². The van der Waals surface area contributed by atoms with Crippen LogP contribution in [0.1, 0.15) is 53.4 Å². The van der Waals surface area contributed by atoms with Gasteiger partial charge in [0.25, 0.3) is 0 Å². The van der Waals surface area contributed by atoms with Crippen LogP contribution in [0.5, 0.6) is 0 Å². The molecule has 1 rings (SSSR count). The first-order chi connectivity index (χ1) is 9.81. The quantitative estimate of drug-likeness (QED) is 0.785. The van der Waals surface area contributed by atoms with Crippen LogP contribution in [0, 0.1) is 11.3 Å². The molecule has 0 aliphatic carbocycles. The molecule has 1 N–H and O–H groups in total. The second-order valence-corrected chi connectivity index (χ2v) is 7.10. The van der Waals surface area contributed by atoms with Crippen molar-refractivity contribution in [3.63, 3.8) is 0 Å². The summed E-state index contributed by atoms with van der Waals surface area (Å²) in [6.45, 7) is 11.1. The monoisotopic (exact) mass is 298 g/mol. The predicted molar refractivity (Wildman–Crippen MR) is 87.3 cm³/mol. The highest BCUT2D eigenvalue weighted by Crippen LogP contribution is 2.34. The number of rotatable bonds is 7. The number of carbonyl (C=O) groups excluding carboxylic acids is 1. The average molecular weight is 298 g/mol. The Bertz CT molecular complexity index is 329. The number of likely N-dealkylation sites (tertiary alicyclic amines) is 1. The summed E-state index contributed by atoms with van der Waals surface area (Å²) in [7, 11) is 3.88. The molecule has 124 valence electrons. The fourth-order valence-corrected chi connectivity index (χ4v) is 3.27. The van der Waals surface area contributed by atoms with E-state index in [4.69, 9.17) is 4.74 Å². The summed E-state index contributed by atoms with van der Waals surface area (Å²) < 4.78 is 5.64. The van der Waals surface area contributed by atoms with Gasteiger partial charge in [-0.15, -0.1) is 0 Å². The van der Waals surface area contributed by atoms with E-state index in [-0.39, 0.29) is 16.9 Å². The lowest BCUT2D eigenvalue weighted by atomic mass is 9.74. The van der Waals surface area contributed by atoms with Gasteiger partial charge in [0.05, 0.1) is 5.60 Å². The molecule has 0 saturated carbocycles. The zero-order chi connectivity index (χ0) is 16.1. The summed E-state index contributed by atoms with van der Waals surface area (Å²) in [4.78, 5) is 15.0. The number of piperidine rings is 1. The molecule has 0 aromatic rings. The van der Waals surface area contributed by atoms with Crippen molar-refractivity contribution in [2.75, 3.05) is 33.8 Å². The molecule has 4 heteroatoms. The number of carbonyl (C=O) groups is 1. The van der Waals surface area contributed by atoms with Gasteiger partial charge in [-0.1, -0.05) is 27.7 Å². The number of nitrogens with one attached hydrogen (secondary N) is 1. The molecule has 4 nitrogen and oxygen atoms in total. The van der Waals surface area contributed by atoms with E-state index in [9.17, 15) is 4.79 Å². The molecule has 1 aliphatic heterocycles. The number of amides is 1. The highest BCUT2D eigenvalue weighted by atomic mass is 16.5. The van der Waals surface area contributed by atoms with E-state index in [0.717, 1.165) is 32.4 Å². The highest BCUT2D eigenvalue weighted by molar-refractivity contribution is 5.82. The third-order valence-corrected chi connectivity index (χ3v) is 5.52. The number of methoxy groups -OCH3 is 1. The summed E-state index contributed by atoms with van der Waals surface area (Å²) in [5.74, 6) is 0.586. The summed E-state index contributed by atoms with van der Waals surface area (Å²) in [6, 6.07) is 0. The second-order valence-electron chi connectivity index (χ2n) is 7.10. The van der Waals surface area contributed by atoms with Crippen LogP contribution < -0.4 is 5.32 Å². The van der Waals surface area contributed by atoms with Crippen LogP contribution in [0.25, 0.3) is 0 Å². The van der Waals surface area contributed by atoms with Crippen LogP contribution in [-0.2, 0) is 9.53 Å². The average Bonchev–Trinajstić information content (AvgIpc) is 2.49. The Morgan fingerprint density at radius 3 is 2.43 bits per heavy atom. The Morgan fingerprint density at radius 1 is 1.33 bits per heavy atom. The Hall–Kier alpha value is -0.610. The SMILES string of the molecule is CCC(CC)(CNC(=O)C(C)(C)C1CCCN(C)C1)OC. The van der Waals surface area contributed by atoms with Gasteiger partial charge in [-0.25, -0.2) is 0 Å². The predicted octanol–water partition coefficient (Wildman–Crippen LogP) is 2.68. The van der Waals surface area contributed by atoms with Crippen molar-refractivity contribution in [3.8, 4) is 0 Å². The smallest absolute Gasteiger partial charge is 0.226 e. The molecular weight excluding hydrogens is 264 g/mol. The van der Waals surface area contributed by atoms with Crippen molar-refractivity contribution in [2.45, 2.75) is 59.0 Å². The molecule has 1 heterocycles. The van der Waals surface area contributed by atoms with Crippen molar-refractivity contribution >= 4 is 5.91 Å². The van der Waals surface area contributed by atoms with Crippen molar-refractivity contribution in [1.82, 2.24) is 10.2 Å². The van der Waals surface area contributed by atoms with E-state index < -0.39 is 0 Å². The van der Waals surface area contributed by atoms with Crippen molar-refractivity contribution in [2.24, 2.45) is 11.3 Å². The molecule has 1 unspecified atom stereocenters. The highest BCUT2D eigenvalue weighted by Gasteiger charge is 2.39. The minimum absolute atomic E-state index is 0.158. The third kappa shape index (κ3) is 4.43. The van der Waals surface area contributed by atoms with E-state index in [1.54, 1.807) is 7.11 Å². The molecule has 0 radical (unpaired) electrons. The third-order valence-electron chi connectivity index (χ3n) is 5.52. The lowest BCUT2D eigenvalue weighted by Crippen LogP contribution is -2.51. The minimum atomic E-state index is -0.324. The number of ether oxygens (including phenoxy) is 1. The molecule has 1 aliphatic rings. The van der Waals surface area contributed by atoms with Gasteiger partial charge in [0, 0.05) is 25.6 Å². The van der Waals surface area contributed by atoms with Crippen LogP contribution in [0.2, 0.25) is 0 Å². The van der Waals surface area contributed by atoms with E-state index in [1.807, 2.05) is 0 Å². The molecular formula is C17H34N2O2. The molecule has 0 bridgehead atoms. The first kappa shape index (κ1) is 18.4. The molecule has 1 fully saturated rings.